The Morgan fingerprint density at radius 3 is 2.48 bits per heavy atom. The van der Waals surface area contributed by atoms with Gasteiger partial charge in [0.25, 0.3) is 0 Å². The van der Waals surface area contributed by atoms with E-state index in [-0.39, 0.29) is 30.0 Å². The Labute approximate surface area is 155 Å². The highest BCUT2D eigenvalue weighted by atomic mass is 127. The second-order valence-electron chi connectivity index (χ2n) is 5.58. The maximum absolute atomic E-state index is 5.32. The van der Waals surface area contributed by atoms with Crippen molar-refractivity contribution in [2.45, 2.75) is 39.3 Å². The second kappa shape index (κ2) is 9.54. The molecule has 0 aliphatic rings. The molecule has 2 aromatic rings. The molecule has 0 aliphatic heterocycles. The zero-order chi connectivity index (χ0) is 15.9. The van der Waals surface area contributed by atoms with Gasteiger partial charge in [-0.1, -0.05) is 49.3 Å². The Bertz CT molecular complexity index is 610. The van der Waals surface area contributed by atoms with Crippen LogP contribution in [0, 0.1) is 0 Å². The van der Waals surface area contributed by atoms with Crippen LogP contribution in [0.15, 0.2) is 45.9 Å². The lowest BCUT2D eigenvalue weighted by atomic mass is 10.1. The molecule has 1 unspecified atom stereocenters. The molecular weight excluding hydrogens is 403 g/mol. The number of hydrogen-bond acceptors (Lipinski definition) is 3. The van der Waals surface area contributed by atoms with Crippen molar-refractivity contribution in [3.63, 3.8) is 0 Å². The average molecular weight is 428 g/mol. The van der Waals surface area contributed by atoms with Crippen LogP contribution in [0.4, 0.5) is 0 Å². The van der Waals surface area contributed by atoms with Gasteiger partial charge in [0, 0.05) is 13.1 Å². The molecular formula is C17H25IN4O. The first kappa shape index (κ1) is 19.5. The smallest absolute Gasteiger partial charge is 0.191 e. The van der Waals surface area contributed by atoms with Crippen LogP contribution in [0.5, 0.6) is 0 Å². The number of halogens is 1. The molecule has 2 rings (SSSR count). The fourth-order valence-corrected chi connectivity index (χ4v) is 2.08. The van der Waals surface area contributed by atoms with E-state index in [1.165, 1.54) is 5.56 Å². The zero-order valence-electron chi connectivity index (χ0n) is 14.0. The maximum atomic E-state index is 5.32. The summed E-state index contributed by atoms with van der Waals surface area (Å²) in [5, 5.41) is 10.7. The molecule has 23 heavy (non-hydrogen) atoms. The largest absolute Gasteiger partial charge is 0.359 e. The highest BCUT2D eigenvalue weighted by molar-refractivity contribution is 14.0. The Kier molecular flexibility index (Phi) is 8.08. The molecule has 0 spiro atoms. The van der Waals surface area contributed by atoms with E-state index in [1.807, 2.05) is 24.3 Å². The summed E-state index contributed by atoms with van der Waals surface area (Å²) in [6.45, 7) is 6.85. The van der Waals surface area contributed by atoms with Crippen LogP contribution in [-0.4, -0.2) is 18.2 Å². The SMILES string of the molecule is CN=C(NCc1cc(C(C)C)no1)NC(C)c1ccccc1.I. The van der Waals surface area contributed by atoms with Crippen molar-refractivity contribution in [3.8, 4) is 0 Å². The van der Waals surface area contributed by atoms with Gasteiger partial charge >= 0.3 is 0 Å². The van der Waals surface area contributed by atoms with E-state index in [4.69, 9.17) is 4.52 Å². The van der Waals surface area contributed by atoms with Crippen LogP contribution in [0.3, 0.4) is 0 Å². The van der Waals surface area contributed by atoms with Crippen molar-refractivity contribution in [1.29, 1.82) is 0 Å². The lowest BCUT2D eigenvalue weighted by Gasteiger charge is -2.17. The van der Waals surface area contributed by atoms with E-state index in [1.54, 1.807) is 7.05 Å². The lowest BCUT2D eigenvalue weighted by Crippen LogP contribution is -2.38. The summed E-state index contributed by atoms with van der Waals surface area (Å²) in [4.78, 5) is 4.24. The summed E-state index contributed by atoms with van der Waals surface area (Å²) in [6, 6.07) is 12.4. The van der Waals surface area contributed by atoms with Crippen molar-refractivity contribution in [3.05, 3.63) is 53.4 Å². The first-order valence-electron chi connectivity index (χ1n) is 7.57. The summed E-state index contributed by atoms with van der Waals surface area (Å²) >= 11 is 0. The van der Waals surface area contributed by atoms with Gasteiger partial charge in [0.2, 0.25) is 0 Å². The number of nitrogens with zero attached hydrogens (tertiary/aromatic N) is 2. The predicted molar refractivity (Wildman–Crippen MR) is 104 cm³/mol. The normalized spacial score (nSPS) is 12.7. The average Bonchev–Trinajstić information content (AvgIpc) is 3.01. The van der Waals surface area contributed by atoms with Crippen LogP contribution >= 0.6 is 24.0 Å². The third-order valence-electron chi connectivity index (χ3n) is 3.48. The Morgan fingerprint density at radius 2 is 1.91 bits per heavy atom. The molecule has 0 saturated carbocycles. The molecule has 1 aromatic carbocycles. The molecule has 0 radical (unpaired) electrons. The fourth-order valence-electron chi connectivity index (χ4n) is 2.08. The van der Waals surface area contributed by atoms with Gasteiger partial charge in [0.1, 0.15) is 0 Å². The van der Waals surface area contributed by atoms with Gasteiger partial charge in [-0.25, -0.2) is 0 Å². The minimum atomic E-state index is 0. The molecule has 5 nitrogen and oxygen atoms in total. The Morgan fingerprint density at radius 1 is 1.22 bits per heavy atom. The molecule has 0 fully saturated rings. The van der Waals surface area contributed by atoms with Crippen molar-refractivity contribution in [2.75, 3.05) is 7.05 Å². The van der Waals surface area contributed by atoms with Gasteiger partial charge in [-0.05, 0) is 18.4 Å². The van der Waals surface area contributed by atoms with Gasteiger partial charge in [0.15, 0.2) is 11.7 Å². The van der Waals surface area contributed by atoms with Gasteiger partial charge in [-0.3, -0.25) is 4.99 Å². The van der Waals surface area contributed by atoms with Gasteiger partial charge in [-0.2, -0.15) is 0 Å². The molecule has 1 heterocycles. The number of aliphatic imine (C=N–C) groups is 1. The lowest BCUT2D eigenvalue weighted by molar-refractivity contribution is 0.371. The van der Waals surface area contributed by atoms with E-state index in [9.17, 15) is 0 Å². The van der Waals surface area contributed by atoms with E-state index in [2.05, 4.69) is 53.7 Å². The molecule has 1 aromatic heterocycles. The van der Waals surface area contributed by atoms with Gasteiger partial charge in [0.05, 0.1) is 18.3 Å². The standard InChI is InChI=1S/C17H24N4O.HI/c1-12(2)16-10-15(22-21-16)11-19-17(18-4)20-13(3)14-8-6-5-7-9-14;/h5-10,12-13H,11H2,1-4H3,(H2,18,19,20);1H. The molecule has 1 atom stereocenters. The van der Waals surface area contributed by atoms with Crippen LogP contribution in [0.2, 0.25) is 0 Å². The van der Waals surface area contributed by atoms with Crippen molar-refractivity contribution < 1.29 is 4.52 Å². The summed E-state index contributed by atoms with van der Waals surface area (Å²) in [5.74, 6) is 1.91. The zero-order valence-corrected chi connectivity index (χ0v) is 16.4. The van der Waals surface area contributed by atoms with Gasteiger partial charge < -0.3 is 15.2 Å². The van der Waals surface area contributed by atoms with E-state index < -0.39 is 0 Å². The van der Waals surface area contributed by atoms with Crippen molar-refractivity contribution in [2.24, 2.45) is 4.99 Å². The summed E-state index contributed by atoms with van der Waals surface area (Å²) in [6.07, 6.45) is 0. The molecule has 0 amide bonds. The first-order valence-corrected chi connectivity index (χ1v) is 7.57. The molecule has 0 saturated heterocycles. The van der Waals surface area contributed by atoms with Crippen LogP contribution in [0.25, 0.3) is 0 Å². The van der Waals surface area contributed by atoms with Crippen molar-refractivity contribution >= 4 is 29.9 Å². The molecule has 6 heteroatoms. The highest BCUT2D eigenvalue weighted by Crippen LogP contribution is 2.14. The van der Waals surface area contributed by atoms with Crippen LogP contribution in [0.1, 0.15) is 49.7 Å². The first-order chi connectivity index (χ1) is 10.6. The Balaban J connectivity index is 0.00000264. The van der Waals surface area contributed by atoms with E-state index in [0.717, 1.165) is 17.4 Å². The number of benzene rings is 1. The number of nitrogens with one attached hydrogen (secondary N) is 2. The molecule has 0 aliphatic carbocycles. The number of guanidine groups is 1. The minimum absolute atomic E-state index is 0. The van der Waals surface area contributed by atoms with Crippen molar-refractivity contribution in [1.82, 2.24) is 15.8 Å². The monoisotopic (exact) mass is 428 g/mol. The summed E-state index contributed by atoms with van der Waals surface area (Å²) in [7, 11) is 1.76. The van der Waals surface area contributed by atoms with E-state index >= 15 is 0 Å². The summed E-state index contributed by atoms with van der Waals surface area (Å²) < 4.78 is 5.32. The fraction of sp³-hybridized carbons (Fsp3) is 0.412. The van der Waals surface area contributed by atoms with Gasteiger partial charge in [-0.15, -0.1) is 24.0 Å². The second-order valence-corrected chi connectivity index (χ2v) is 5.58. The number of aromatic nitrogens is 1. The molecule has 0 bridgehead atoms. The topological polar surface area (TPSA) is 62.5 Å². The molecule has 126 valence electrons. The number of hydrogen-bond donors (Lipinski definition) is 2. The quantitative estimate of drug-likeness (QED) is 0.432. The molecule has 2 N–H and O–H groups in total. The number of rotatable bonds is 5. The van der Waals surface area contributed by atoms with Crippen LogP contribution in [-0.2, 0) is 6.54 Å². The predicted octanol–water partition coefficient (Wildman–Crippen LogP) is 3.84. The minimum Gasteiger partial charge on any atom is -0.359 e. The third-order valence-corrected chi connectivity index (χ3v) is 3.48. The van der Waals surface area contributed by atoms with E-state index in [0.29, 0.717) is 12.5 Å². The summed E-state index contributed by atoms with van der Waals surface area (Å²) in [5.41, 5.74) is 2.18. The maximum Gasteiger partial charge on any atom is 0.191 e. The Hall–Kier alpha value is -1.57. The highest BCUT2D eigenvalue weighted by Gasteiger charge is 2.10. The third kappa shape index (κ3) is 5.85. The van der Waals surface area contributed by atoms with Crippen LogP contribution < -0.4 is 10.6 Å².